The number of aromatic nitrogens is 2. The van der Waals surface area contributed by atoms with Gasteiger partial charge in [0.05, 0.1) is 16.7 Å². The maximum absolute atomic E-state index is 13.1. The molecule has 106 valence electrons. The Balaban J connectivity index is 2.37. The summed E-state index contributed by atoms with van der Waals surface area (Å²) in [7, 11) is -4.02. The van der Waals surface area contributed by atoms with Crippen molar-refractivity contribution in [2.45, 2.75) is 4.90 Å². The zero-order valence-corrected chi connectivity index (χ0v) is 10.7. The Bertz CT molecular complexity index is 756. The van der Waals surface area contributed by atoms with E-state index in [1.165, 1.54) is 18.3 Å². The molecule has 0 fully saturated rings. The number of nitrogens with one attached hydrogen (secondary N) is 2. The number of halogens is 1. The van der Waals surface area contributed by atoms with Crippen LogP contribution in [0.5, 0.6) is 0 Å². The average molecular weight is 299 g/mol. The summed E-state index contributed by atoms with van der Waals surface area (Å²) in [6, 6.07) is 4.48. The van der Waals surface area contributed by atoms with E-state index in [2.05, 4.69) is 20.1 Å². The highest BCUT2D eigenvalue weighted by Crippen LogP contribution is 2.18. The normalized spacial score (nSPS) is 12.3. The number of rotatable bonds is 4. The molecule has 0 saturated carbocycles. The fourth-order valence-corrected chi connectivity index (χ4v) is 2.51. The molecule has 1 heterocycles. The van der Waals surface area contributed by atoms with Crippen LogP contribution in [0.25, 0.3) is 0 Å². The van der Waals surface area contributed by atoms with Gasteiger partial charge in [0, 0.05) is 0 Å². The first-order valence-corrected chi connectivity index (χ1v) is 6.72. The second kappa shape index (κ2) is 5.17. The SMILES string of the molecule is NC(=NO)c1cn[nH]c1NS(=O)(=O)c1cccc(F)c1. The first-order valence-electron chi connectivity index (χ1n) is 5.23. The first-order chi connectivity index (χ1) is 9.44. The number of amidine groups is 1. The summed E-state index contributed by atoms with van der Waals surface area (Å²) in [4.78, 5) is -0.266. The number of sulfonamides is 1. The van der Waals surface area contributed by atoms with Gasteiger partial charge in [-0.1, -0.05) is 11.2 Å². The van der Waals surface area contributed by atoms with Crippen LogP contribution in [0.1, 0.15) is 5.56 Å². The largest absolute Gasteiger partial charge is 0.409 e. The van der Waals surface area contributed by atoms with Gasteiger partial charge in [-0.15, -0.1) is 0 Å². The topological polar surface area (TPSA) is 133 Å². The van der Waals surface area contributed by atoms with Crippen molar-refractivity contribution in [1.82, 2.24) is 10.2 Å². The van der Waals surface area contributed by atoms with Crippen molar-refractivity contribution in [3.63, 3.8) is 0 Å². The van der Waals surface area contributed by atoms with Gasteiger partial charge in [-0.05, 0) is 18.2 Å². The number of oxime groups is 1. The lowest BCUT2D eigenvalue weighted by Gasteiger charge is -2.07. The molecule has 2 aromatic rings. The van der Waals surface area contributed by atoms with Gasteiger partial charge >= 0.3 is 0 Å². The van der Waals surface area contributed by atoms with E-state index in [0.717, 1.165) is 12.1 Å². The number of nitrogens with zero attached hydrogens (tertiary/aromatic N) is 2. The van der Waals surface area contributed by atoms with Gasteiger partial charge in [0.1, 0.15) is 11.6 Å². The van der Waals surface area contributed by atoms with E-state index in [-0.39, 0.29) is 22.1 Å². The van der Waals surface area contributed by atoms with Gasteiger partial charge in [0.2, 0.25) is 0 Å². The van der Waals surface area contributed by atoms with Crippen molar-refractivity contribution < 1.29 is 18.0 Å². The van der Waals surface area contributed by atoms with E-state index in [0.29, 0.717) is 0 Å². The van der Waals surface area contributed by atoms with Gasteiger partial charge in [-0.3, -0.25) is 9.82 Å². The van der Waals surface area contributed by atoms with E-state index in [1.54, 1.807) is 0 Å². The predicted octanol–water partition coefficient (Wildman–Crippen LogP) is 0.444. The summed E-state index contributed by atoms with van der Waals surface area (Å²) in [6.07, 6.45) is 1.18. The third-order valence-corrected chi connectivity index (χ3v) is 3.71. The van der Waals surface area contributed by atoms with Crippen LogP contribution in [0.15, 0.2) is 40.5 Å². The van der Waals surface area contributed by atoms with Crippen LogP contribution in [0, 0.1) is 5.82 Å². The van der Waals surface area contributed by atoms with Gasteiger partial charge in [0.25, 0.3) is 10.0 Å². The maximum atomic E-state index is 13.1. The molecular weight excluding hydrogens is 289 g/mol. The minimum Gasteiger partial charge on any atom is -0.409 e. The summed E-state index contributed by atoms with van der Waals surface area (Å²) >= 11 is 0. The molecule has 0 aliphatic carbocycles. The number of hydrogen-bond acceptors (Lipinski definition) is 5. The highest BCUT2D eigenvalue weighted by atomic mass is 32.2. The smallest absolute Gasteiger partial charge is 0.263 e. The van der Waals surface area contributed by atoms with Crippen LogP contribution < -0.4 is 10.5 Å². The number of anilines is 1. The number of nitrogens with two attached hydrogens (primary N) is 1. The Hall–Kier alpha value is -2.62. The van der Waals surface area contributed by atoms with Crippen LogP contribution in [0.4, 0.5) is 10.2 Å². The maximum Gasteiger partial charge on any atom is 0.263 e. The number of aromatic amines is 1. The van der Waals surface area contributed by atoms with Gasteiger partial charge in [-0.25, -0.2) is 12.8 Å². The molecule has 0 aliphatic heterocycles. The third kappa shape index (κ3) is 2.69. The minimum absolute atomic E-state index is 0.0625. The lowest BCUT2D eigenvalue weighted by molar-refractivity contribution is 0.318. The van der Waals surface area contributed by atoms with Crippen LogP contribution in [-0.2, 0) is 10.0 Å². The minimum atomic E-state index is -4.02. The van der Waals surface area contributed by atoms with E-state index in [4.69, 9.17) is 10.9 Å². The van der Waals surface area contributed by atoms with E-state index in [9.17, 15) is 12.8 Å². The highest BCUT2D eigenvalue weighted by molar-refractivity contribution is 7.92. The van der Waals surface area contributed by atoms with E-state index < -0.39 is 15.8 Å². The summed E-state index contributed by atoms with van der Waals surface area (Å²) in [5.41, 5.74) is 5.43. The Morgan fingerprint density at radius 1 is 1.50 bits per heavy atom. The quantitative estimate of drug-likeness (QED) is 0.281. The van der Waals surface area contributed by atoms with Gasteiger partial charge in [-0.2, -0.15) is 5.10 Å². The molecule has 5 N–H and O–H groups in total. The number of H-pyrrole nitrogens is 1. The van der Waals surface area contributed by atoms with Crippen LogP contribution >= 0.6 is 0 Å². The van der Waals surface area contributed by atoms with Crippen molar-refractivity contribution in [3.8, 4) is 0 Å². The Morgan fingerprint density at radius 2 is 2.25 bits per heavy atom. The zero-order valence-electron chi connectivity index (χ0n) is 9.91. The Kier molecular flexibility index (Phi) is 3.57. The lowest BCUT2D eigenvalue weighted by Crippen LogP contribution is -2.19. The molecule has 1 aromatic carbocycles. The molecule has 1 aromatic heterocycles. The Labute approximate surface area is 113 Å². The molecule has 8 nitrogen and oxygen atoms in total. The standard InChI is InChI=1S/C10H10FN5O3S/c11-6-2-1-3-7(4-6)20(18,19)16-10-8(5-13-14-10)9(12)15-17/h1-5,17H,(H2,12,15)(H2,13,14,16). The molecule has 0 radical (unpaired) electrons. The van der Waals surface area contributed by atoms with Gasteiger partial charge in [0.15, 0.2) is 5.84 Å². The lowest BCUT2D eigenvalue weighted by atomic mass is 10.3. The molecule has 0 amide bonds. The third-order valence-electron chi connectivity index (χ3n) is 2.37. The van der Waals surface area contributed by atoms with Crippen molar-refractivity contribution in [3.05, 3.63) is 41.8 Å². The zero-order chi connectivity index (χ0) is 14.8. The molecule has 0 aliphatic rings. The number of hydrogen-bond donors (Lipinski definition) is 4. The van der Waals surface area contributed by atoms with Crippen LogP contribution in [-0.4, -0.2) is 29.7 Å². The first kappa shape index (κ1) is 13.8. The monoisotopic (exact) mass is 299 g/mol. The molecule has 10 heteroatoms. The van der Waals surface area contributed by atoms with E-state index >= 15 is 0 Å². The fourth-order valence-electron chi connectivity index (χ4n) is 1.44. The molecule has 2 rings (SSSR count). The predicted molar refractivity (Wildman–Crippen MR) is 68.3 cm³/mol. The summed E-state index contributed by atoms with van der Waals surface area (Å²) < 4.78 is 39.3. The van der Waals surface area contributed by atoms with E-state index in [1.807, 2.05) is 0 Å². The summed E-state index contributed by atoms with van der Waals surface area (Å²) in [5, 5.41) is 17.3. The molecule has 0 atom stereocenters. The van der Waals surface area contributed by atoms with Crippen molar-refractivity contribution >= 4 is 21.7 Å². The molecular formula is C10H10FN5O3S. The molecule has 0 spiro atoms. The average Bonchev–Trinajstić information content (AvgIpc) is 2.85. The summed E-state index contributed by atoms with van der Waals surface area (Å²) in [5.74, 6) is -1.10. The molecule has 0 saturated heterocycles. The second-order valence-corrected chi connectivity index (χ2v) is 5.39. The molecule has 20 heavy (non-hydrogen) atoms. The second-order valence-electron chi connectivity index (χ2n) is 3.71. The van der Waals surface area contributed by atoms with Crippen molar-refractivity contribution in [2.24, 2.45) is 10.9 Å². The number of benzene rings is 1. The summed E-state index contributed by atoms with van der Waals surface area (Å²) in [6.45, 7) is 0. The highest BCUT2D eigenvalue weighted by Gasteiger charge is 2.19. The van der Waals surface area contributed by atoms with Crippen molar-refractivity contribution in [1.29, 1.82) is 0 Å². The van der Waals surface area contributed by atoms with Crippen molar-refractivity contribution in [2.75, 3.05) is 4.72 Å². The molecule has 0 bridgehead atoms. The van der Waals surface area contributed by atoms with Gasteiger partial charge < -0.3 is 10.9 Å². The van der Waals surface area contributed by atoms with Crippen LogP contribution in [0.2, 0.25) is 0 Å². The van der Waals surface area contributed by atoms with Crippen LogP contribution in [0.3, 0.4) is 0 Å². The molecule has 0 unspecified atom stereocenters. The fraction of sp³-hybridized carbons (Fsp3) is 0. The Morgan fingerprint density at radius 3 is 2.90 bits per heavy atom.